The molecule has 7 heteroatoms. The normalized spacial score (nSPS) is 25.1. The first kappa shape index (κ1) is 15.0. The van der Waals surface area contributed by atoms with Crippen LogP contribution in [0.1, 0.15) is 51.7 Å². The quantitative estimate of drug-likeness (QED) is 0.647. The van der Waals surface area contributed by atoms with Gasteiger partial charge in [-0.25, -0.2) is 13.9 Å². The maximum absolute atomic E-state index is 14.2. The van der Waals surface area contributed by atoms with E-state index in [1.54, 1.807) is 10.7 Å². The summed E-state index contributed by atoms with van der Waals surface area (Å²) < 4.78 is 32.7. The van der Waals surface area contributed by atoms with Crippen molar-refractivity contribution in [2.45, 2.75) is 44.6 Å². The molecule has 0 radical (unpaired) electrons. The first-order valence-electron chi connectivity index (χ1n) is 10.5. The lowest BCUT2D eigenvalue weighted by Gasteiger charge is -2.27. The molecule has 3 aromatic rings. The smallest absolute Gasteiger partial charge is 0.166 e. The van der Waals surface area contributed by atoms with Crippen LogP contribution in [0.4, 0.5) is 10.2 Å². The Hall–Kier alpha value is -2.96. The number of nitrogens with one attached hydrogen (secondary N) is 1. The summed E-state index contributed by atoms with van der Waals surface area (Å²) in [7, 11) is 0. The fourth-order valence-corrected chi connectivity index (χ4v) is 4.07. The fourth-order valence-electron chi connectivity index (χ4n) is 4.07. The lowest BCUT2D eigenvalue weighted by molar-refractivity contribution is 0.575. The Balaban J connectivity index is 1.71. The Morgan fingerprint density at radius 3 is 3.14 bits per heavy atom. The number of nitrogens with zero attached hydrogens (tertiary/aromatic N) is 5. The van der Waals surface area contributed by atoms with Gasteiger partial charge in [-0.15, -0.1) is 0 Å². The van der Waals surface area contributed by atoms with Crippen molar-refractivity contribution in [3.63, 3.8) is 0 Å². The topological polar surface area (TPSA) is 58.4 Å². The molecule has 2 aliphatic rings. The van der Waals surface area contributed by atoms with Crippen molar-refractivity contribution in [1.82, 2.24) is 24.9 Å². The SMILES string of the molecule is [2H]C1([2H])CC2c3cc(F)cnc3CC[C@@H](C)NC(=C)c3cnn4ccc(nc34)N2C1. The average molecular weight is 380 g/mol. The third kappa shape index (κ3) is 2.82. The Labute approximate surface area is 165 Å². The third-order valence-corrected chi connectivity index (χ3v) is 5.53. The Morgan fingerprint density at radius 1 is 1.36 bits per heavy atom. The molecule has 1 fully saturated rings. The summed E-state index contributed by atoms with van der Waals surface area (Å²) in [6.07, 6.45) is 5.06. The Kier molecular flexibility index (Phi) is 3.53. The maximum Gasteiger partial charge on any atom is 0.166 e. The number of halogens is 1. The van der Waals surface area contributed by atoms with Crippen LogP contribution in [0.3, 0.4) is 0 Å². The van der Waals surface area contributed by atoms with Gasteiger partial charge in [-0.05, 0) is 50.3 Å². The molecule has 144 valence electrons. The highest BCUT2D eigenvalue weighted by molar-refractivity contribution is 5.74. The Morgan fingerprint density at radius 2 is 2.25 bits per heavy atom. The van der Waals surface area contributed by atoms with Crippen LogP contribution < -0.4 is 10.2 Å². The molecular weight excluding hydrogens is 355 g/mol. The van der Waals surface area contributed by atoms with Crippen LogP contribution in [0.25, 0.3) is 11.3 Å². The number of pyridine rings is 1. The van der Waals surface area contributed by atoms with Crippen LogP contribution in [0.5, 0.6) is 0 Å². The highest BCUT2D eigenvalue weighted by atomic mass is 19.1. The molecule has 2 aliphatic heterocycles. The van der Waals surface area contributed by atoms with Crippen LogP contribution in [0, 0.1) is 5.82 Å². The van der Waals surface area contributed by atoms with E-state index >= 15 is 0 Å². The lowest BCUT2D eigenvalue weighted by atomic mass is 9.98. The summed E-state index contributed by atoms with van der Waals surface area (Å²) >= 11 is 0. The number of aryl methyl sites for hydroxylation is 1. The second-order valence-electron chi connectivity index (χ2n) is 7.46. The van der Waals surface area contributed by atoms with Crippen molar-refractivity contribution in [2.24, 2.45) is 0 Å². The average Bonchev–Trinajstić information content (AvgIpc) is 3.26. The number of rotatable bonds is 0. The van der Waals surface area contributed by atoms with Gasteiger partial charge in [0.15, 0.2) is 5.65 Å². The molecule has 2 bridgehead atoms. The van der Waals surface area contributed by atoms with Gasteiger partial charge in [-0.1, -0.05) is 6.58 Å². The zero-order valence-corrected chi connectivity index (χ0v) is 15.7. The van der Waals surface area contributed by atoms with Gasteiger partial charge in [0.05, 0.1) is 24.0 Å². The largest absolute Gasteiger partial charge is 0.382 e. The molecule has 0 aromatic carbocycles. The standard InChI is InChI=1S/C21H23FN6/c1-13-5-6-18-16(10-15(22)11-23-18)19-4-3-8-27(19)20-7-9-28-21(26-20)17(12-24-28)14(2)25-13/h7,9-13,19,25H,2-6,8H2,1H3/t13-,19?/m1/s1/i3D2. The first-order valence-corrected chi connectivity index (χ1v) is 9.52. The lowest BCUT2D eigenvalue weighted by Crippen LogP contribution is -2.26. The van der Waals surface area contributed by atoms with E-state index in [1.165, 1.54) is 12.3 Å². The number of anilines is 1. The van der Waals surface area contributed by atoms with Crippen molar-refractivity contribution < 1.29 is 7.13 Å². The minimum Gasteiger partial charge on any atom is -0.382 e. The maximum atomic E-state index is 14.2. The molecule has 28 heavy (non-hydrogen) atoms. The molecule has 0 amide bonds. The molecule has 0 saturated carbocycles. The monoisotopic (exact) mass is 380 g/mol. The van der Waals surface area contributed by atoms with Crippen molar-refractivity contribution in [2.75, 3.05) is 11.4 Å². The Bertz CT molecular complexity index is 1140. The van der Waals surface area contributed by atoms with Crippen LogP contribution in [0.15, 0.2) is 37.3 Å². The summed E-state index contributed by atoms with van der Waals surface area (Å²) in [4.78, 5) is 11.1. The minimum atomic E-state index is -1.42. The van der Waals surface area contributed by atoms with Gasteiger partial charge >= 0.3 is 0 Å². The van der Waals surface area contributed by atoms with Crippen LogP contribution in [-0.4, -0.2) is 32.2 Å². The van der Waals surface area contributed by atoms with Gasteiger partial charge in [-0.2, -0.15) is 5.10 Å². The van der Waals surface area contributed by atoms with E-state index in [0.717, 1.165) is 28.9 Å². The summed E-state index contributed by atoms with van der Waals surface area (Å²) in [6, 6.07) is 3.10. The number of hydrogen-bond acceptors (Lipinski definition) is 5. The highest BCUT2D eigenvalue weighted by Crippen LogP contribution is 2.37. The number of hydrogen-bond donors (Lipinski definition) is 1. The molecule has 2 atom stereocenters. The number of aromatic nitrogens is 4. The van der Waals surface area contributed by atoms with Crippen LogP contribution in [0.2, 0.25) is 0 Å². The van der Waals surface area contributed by atoms with E-state index in [4.69, 9.17) is 7.73 Å². The third-order valence-electron chi connectivity index (χ3n) is 5.53. The second-order valence-corrected chi connectivity index (χ2v) is 7.46. The van der Waals surface area contributed by atoms with Gasteiger partial charge < -0.3 is 10.2 Å². The molecule has 0 aliphatic carbocycles. The molecule has 1 unspecified atom stereocenters. The van der Waals surface area contributed by atoms with Gasteiger partial charge in [0.25, 0.3) is 0 Å². The summed E-state index contributed by atoms with van der Waals surface area (Å²) in [5.41, 5.74) is 3.73. The van der Waals surface area contributed by atoms with E-state index in [9.17, 15) is 4.39 Å². The van der Waals surface area contributed by atoms with Gasteiger partial charge in [0.2, 0.25) is 0 Å². The molecule has 6 nitrogen and oxygen atoms in total. The van der Waals surface area contributed by atoms with E-state index in [1.807, 2.05) is 17.2 Å². The van der Waals surface area contributed by atoms with E-state index in [2.05, 4.69) is 28.9 Å². The fraction of sp³-hybridized carbons (Fsp3) is 0.381. The predicted octanol–water partition coefficient (Wildman–Crippen LogP) is 3.50. The zero-order chi connectivity index (χ0) is 21.0. The summed E-state index contributed by atoms with van der Waals surface area (Å²) in [5.74, 6) is 0.220. The summed E-state index contributed by atoms with van der Waals surface area (Å²) in [5, 5.41) is 7.79. The number of fused-ring (bicyclic) bond motifs is 5. The van der Waals surface area contributed by atoms with Gasteiger partial charge in [0, 0.05) is 32.9 Å². The molecule has 0 spiro atoms. The second kappa shape index (κ2) is 6.58. The molecule has 1 N–H and O–H groups in total. The van der Waals surface area contributed by atoms with Crippen LogP contribution >= 0.6 is 0 Å². The van der Waals surface area contributed by atoms with E-state index in [0.29, 0.717) is 17.9 Å². The van der Waals surface area contributed by atoms with Crippen molar-refractivity contribution in [3.05, 3.63) is 59.9 Å². The van der Waals surface area contributed by atoms with Gasteiger partial charge in [-0.3, -0.25) is 4.98 Å². The zero-order valence-electron chi connectivity index (χ0n) is 17.7. The predicted molar refractivity (Wildman–Crippen MR) is 106 cm³/mol. The van der Waals surface area contributed by atoms with Crippen molar-refractivity contribution >= 4 is 17.2 Å². The highest BCUT2D eigenvalue weighted by Gasteiger charge is 2.30. The minimum absolute atomic E-state index is 0.113. The van der Waals surface area contributed by atoms with E-state index < -0.39 is 12.2 Å². The molecular formula is C21H23FN6. The molecule has 5 rings (SSSR count). The molecule has 5 heterocycles. The molecule has 1 saturated heterocycles. The van der Waals surface area contributed by atoms with Crippen molar-refractivity contribution in [3.8, 4) is 0 Å². The van der Waals surface area contributed by atoms with Gasteiger partial charge in [0.1, 0.15) is 11.6 Å². The van der Waals surface area contributed by atoms with Crippen LogP contribution in [-0.2, 0) is 6.42 Å². The van der Waals surface area contributed by atoms with E-state index in [-0.39, 0.29) is 25.0 Å². The first-order chi connectivity index (χ1) is 14.3. The molecule has 3 aromatic heterocycles. The summed E-state index contributed by atoms with van der Waals surface area (Å²) in [6.45, 7) is 6.41. The van der Waals surface area contributed by atoms with Crippen molar-refractivity contribution in [1.29, 1.82) is 0 Å².